The fourth-order valence-corrected chi connectivity index (χ4v) is 9.71. The van der Waals surface area contributed by atoms with Crippen molar-refractivity contribution in [3.8, 4) is 5.75 Å². The van der Waals surface area contributed by atoms with Crippen LogP contribution in [0.2, 0.25) is 0 Å². The van der Waals surface area contributed by atoms with Gasteiger partial charge in [0.25, 0.3) is 0 Å². The Bertz CT molecular complexity index is 2020. The number of ether oxygens (including phenoxy) is 1. The largest absolute Gasteiger partial charge is 0.484 e. The van der Waals surface area contributed by atoms with Gasteiger partial charge in [-0.2, -0.15) is 0 Å². The maximum Gasteiger partial charge on any atom is 0.135 e. The first-order chi connectivity index (χ1) is 23.2. The summed E-state index contributed by atoms with van der Waals surface area (Å²) in [6.45, 7) is 0. The van der Waals surface area contributed by atoms with Crippen LogP contribution in [0.1, 0.15) is 93.2 Å². The molecule has 0 amide bonds. The molecule has 47 heavy (non-hydrogen) atoms. The molecule has 2 aromatic carbocycles. The van der Waals surface area contributed by atoms with E-state index in [1.807, 2.05) is 0 Å². The van der Waals surface area contributed by atoms with Gasteiger partial charge in [0.2, 0.25) is 0 Å². The van der Waals surface area contributed by atoms with Gasteiger partial charge in [0, 0.05) is 11.5 Å². The summed E-state index contributed by atoms with van der Waals surface area (Å²) in [6, 6.07) is 18.2. The van der Waals surface area contributed by atoms with E-state index in [1.54, 1.807) is 33.4 Å². The Labute approximate surface area is 279 Å². The fourth-order valence-electron chi connectivity index (χ4n) is 9.71. The van der Waals surface area contributed by atoms with E-state index in [1.165, 1.54) is 83.1 Å². The van der Waals surface area contributed by atoms with Gasteiger partial charge in [-0.1, -0.05) is 97.1 Å². The lowest BCUT2D eigenvalue weighted by molar-refractivity contribution is 0.254. The van der Waals surface area contributed by atoms with Gasteiger partial charge in [0.15, 0.2) is 0 Å². The van der Waals surface area contributed by atoms with Crippen LogP contribution in [0.15, 0.2) is 153 Å². The van der Waals surface area contributed by atoms with Crippen LogP contribution < -0.4 is 4.74 Å². The van der Waals surface area contributed by atoms with Crippen LogP contribution in [0.25, 0.3) is 11.1 Å². The van der Waals surface area contributed by atoms with Gasteiger partial charge in [-0.15, -0.1) is 0 Å². The number of hydrogen-bond acceptors (Lipinski definition) is 1. The van der Waals surface area contributed by atoms with Crippen molar-refractivity contribution in [3.05, 3.63) is 170 Å². The summed E-state index contributed by atoms with van der Waals surface area (Å²) in [5.74, 6) is 2.14. The van der Waals surface area contributed by atoms with Crippen LogP contribution in [0, 0.1) is 5.92 Å². The smallest absolute Gasteiger partial charge is 0.135 e. The summed E-state index contributed by atoms with van der Waals surface area (Å²) in [7, 11) is 0. The van der Waals surface area contributed by atoms with E-state index in [4.69, 9.17) is 4.74 Å². The Balaban J connectivity index is 0.875. The molecule has 0 saturated carbocycles. The van der Waals surface area contributed by atoms with E-state index in [-0.39, 0.29) is 6.10 Å². The molecule has 10 rings (SSSR count). The van der Waals surface area contributed by atoms with Crippen molar-refractivity contribution in [1.29, 1.82) is 0 Å². The van der Waals surface area contributed by atoms with E-state index in [2.05, 4.69) is 103 Å². The molecule has 3 atom stereocenters. The van der Waals surface area contributed by atoms with Gasteiger partial charge in [-0.05, 0) is 155 Å². The van der Waals surface area contributed by atoms with Crippen LogP contribution in [0.5, 0.6) is 5.75 Å². The van der Waals surface area contributed by atoms with Gasteiger partial charge in [0.05, 0.1) is 0 Å². The molecule has 0 aromatic heterocycles. The molecule has 8 aliphatic rings. The summed E-state index contributed by atoms with van der Waals surface area (Å²) in [5.41, 5.74) is 21.1. The topological polar surface area (TPSA) is 9.23 Å². The monoisotopic (exact) mass is 610 g/mol. The Morgan fingerprint density at radius 2 is 1.30 bits per heavy atom. The number of hydrogen-bond donors (Lipinski definition) is 0. The SMILES string of the molecule is C1=CC2=CC=C(C3=CC4=C(C=C(c5ccc(C6=CC7=C(CC6)C6=C(C=CC8c9ccccc9OC68)CC7)cc5)CC4)CC3)CC2CC1. The van der Waals surface area contributed by atoms with Crippen molar-refractivity contribution < 1.29 is 4.74 Å². The Hall–Kier alpha value is -4.36. The quantitative estimate of drug-likeness (QED) is 0.336. The molecule has 3 unspecified atom stereocenters. The highest BCUT2D eigenvalue weighted by Gasteiger charge is 2.41. The minimum absolute atomic E-state index is 0.140. The van der Waals surface area contributed by atoms with Gasteiger partial charge in [-0.25, -0.2) is 0 Å². The maximum atomic E-state index is 6.61. The number of para-hydroxylation sites is 1. The number of rotatable bonds is 3. The van der Waals surface area contributed by atoms with E-state index in [0.717, 1.165) is 43.8 Å². The summed E-state index contributed by atoms with van der Waals surface area (Å²) in [4.78, 5) is 0. The molecule has 1 heterocycles. The molecule has 0 N–H and O–H groups in total. The van der Waals surface area contributed by atoms with Crippen LogP contribution >= 0.6 is 0 Å². The van der Waals surface area contributed by atoms with E-state index < -0.39 is 0 Å². The summed E-state index contributed by atoms with van der Waals surface area (Å²) >= 11 is 0. The van der Waals surface area contributed by atoms with E-state index in [0.29, 0.717) is 5.92 Å². The zero-order valence-electron chi connectivity index (χ0n) is 27.2. The molecule has 1 heteroatoms. The molecule has 1 nitrogen and oxygen atoms in total. The average molecular weight is 611 g/mol. The fraction of sp³-hybridized carbons (Fsp3) is 0.304. The molecule has 7 aliphatic carbocycles. The van der Waals surface area contributed by atoms with E-state index >= 15 is 0 Å². The number of allylic oxidation sites excluding steroid dienone is 17. The molecule has 2 aromatic rings. The van der Waals surface area contributed by atoms with E-state index in [9.17, 15) is 0 Å². The van der Waals surface area contributed by atoms with Crippen molar-refractivity contribution >= 4 is 11.1 Å². The second-order valence-electron chi connectivity index (χ2n) is 14.8. The lowest BCUT2D eigenvalue weighted by Crippen LogP contribution is -2.28. The molecular weight excluding hydrogens is 569 g/mol. The zero-order chi connectivity index (χ0) is 30.9. The number of benzene rings is 2. The summed E-state index contributed by atoms with van der Waals surface area (Å²) in [6.07, 6.45) is 35.0. The Morgan fingerprint density at radius 3 is 2.15 bits per heavy atom. The summed E-state index contributed by atoms with van der Waals surface area (Å²) in [5, 5.41) is 0. The lowest BCUT2D eigenvalue weighted by Gasteiger charge is -2.34. The third-order valence-corrected chi connectivity index (χ3v) is 12.2. The van der Waals surface area contributed by atoms with Crippen molar-refractivity contribution in [3.63, 3.8) is 0 Å². The molecule has 0 fully saturated rings. The van der Waals surface area contributed by atoms with Crippen molar-refractivity contribution in [2.75, 3.05) is 0 Å². The zero-order valence-corrected chi connectivity index (χ0v) is 27.2. The first-order valence-electron chi connectivity index (χ1n) is 18.2. The highest BCUT2D eigenvalue weighted by Crippen LogP contribution is 2.51. The minimum Gasteiger partial charge on any atom is -0.484 e. The second-order valence-corrected chi connectivity index (χ2v) is 14.8. The molecule has 0 radical (unpaired) electrons. The Morgan fingerprint density at radius 1 is 0.596 bits per heavy atom. The van der Waals surface area contributed by atoms with Crippen LogP contribution in [-0.2, 0) is 0 Å². The molecule has 0 spiro atoms. The highest BCUT2D eigenvalue weighted by molar-refractivity contribution is 5.77. The van der Waals surface area contributed by atoms with Crippen LogP contribution in [0.3, 0.4) is 0 Å². The van der Waals surface area contributed by atoms with Crippen molar-refractivity contribution in [1.82, 2.24) is 0 Å². The highest BCUT2D eigenvalue weighted by atomic mass is 16.5. The Kier molecular flexibility index (Phi) is 6.56. The lowest BCUT2D eigenvalue weighted by atomic mass is 9.72. The number of fused-ring (bicyclic) bond motifs is 6. The maximum absolute atomic E-state index is 6.61. The summed E-state index contributed by atoms with van der Waals surface area (Å²) < 4.78 is 6.61. The van der Waals surface area contributed by atoms with Gasteiger partial charge in [0.1, 0.15) is 11.9 Å². The first-order valence-corrected chi connectivity index (χ1v) is 18.2. The first kappa shape index (κ1) is 27.7. The predicted molar refractivity (Wildman–Crippen MR) is 194 cm³/mol. The van der Waals surface area contributed by atoms with Gasteiger partial charge in [-0.3, -0.25) is 0 Å². The standard InChI is InChI=1S/C46H42O/c1-2-6-33-25-36(15-13-29(33)5-1)39-19-18-37-26-34(16-17-38(37)27-39)30-9-11-31(12-10-30)35-22-23-41-40(28-35)20-14-32-21-24-43-42-7-3-4-8-44(42)47-46(43)45(32)41/h1,3-5,7-13,15,21,24,26-28,33,43,46H,2,6,14,16-20,22-23,25H2. The second kappa shape index (κ2) is 11.1. The normalized spacial score (nSPS) is 27.2. The molecule has 0 saturated heterocycles. The predicted octanol–water partition coefficient (Wildman–Crippen LogP) is 11.8. The molecule has 232 valence electrons. The average Bonchev–Trinajstić information content (AvgIpc) is 3.53. The molecule has 0 bridgehead atoms. The third kappa shape index (κ3) is 4.73. The van der Waals surface area contributed by atoms with Crippen molar-refractivity contribution in [2.24, 2.45) is 5.92 Å². The van der Waals surface area contributed by atoms with Crippen LogP contribution in [0.4, 0.5) is 0 Å². The molecular formula is C46H42O. The van der Waals surface area contributed by atoms with Gasteiger partial charge >= 0.3 is 0 Å². The van der Waals surface area contributed by atoms with Gasteiger partial charge < -0.3 is 4.74 Å². The van der Waals surface area contributed by atoms with Crippen molar-refractivity contribution in [2.45, 2.75) is 82.7 Å². The third-order valence-electron chi connectivity index (χ3n) is 12.2. The van der Waals surface area contributed by atoms with Crippen LogP contribution in [-0.4, -0.2) is 6.10 Å². The minimum atomic E-state index is 0.140. The molecule has 1 aliphatic heterocycles.